The van der Waals surface area contributed by atoms with E-state index in [0.29, 0.717) is 28.2 Å². The van der Waals surface area contributed by atoms with E-state index in [2.05, 4.69) is 17.6 Å². The van der Waals surface area contributed by atoms with Crippen LogP contribution < -0.4 is 10.6 Å². The average molecular weight is 319 g/mol. The van der Waals surface area contributed by atoms with Crippen LogP contribution in [0.4, 0.5) is 5.69 Å². The van der Waals surface area contributed by atoms with E-state index in [1.54, 1.807) is 18.2 Å². The van der Waals surface area contributed by atoms with Crippen LogP contribution >= 0.6 is 23.2 Å². The maximum absolute atomic E-state index is 11.8. The van der Waals surface area contributed by atoms with E-state index in [0.717, 1.165) is 12.8 Å². The molecule has 20 heavy (non-hydrogen) atoms. The molecular formula is C14H20Cl2N2O2. The number of hydrogen-bond donors (Lipinski definition) is 3. The largest absolute Gasteiger partial charge is 0.396 e. The Balaban J connectivity index is 2.41. The summed E-state index contributed by atoms with van der Waals surface area (Å²) in [6.45, 7) is 3.11. The van der Waals surface area contributed by atoms with Crippen molar-refractivity contribution in [3.8, 4) is 0 Å². The fourth-order valence-corrected chi connectivity index (χ4v) is 2.32. The predicted octanol–water partition coefficient (Wildman–Crippen LogP) is 2.93. The number of para-hydroxylation sites is 1. The van der Waals surface area contributed by atoms with Crippen molar-refractivity contribution in [2.24, 2.45) is 5.92 Å². The first-order valence-corrected chi connectivity index (χ1v) is 7.39. The Kier molecular flexibility index (Phi) is 7.92. The molecule has 6 heteroatoms. The van der Waals surface area contributed by atoms with Gasteiger partial charge in [0, 0.05) is 6.61 Å². The molecule has 1 atom stereocenters. The number of amides is 1. The molecule has 112 valence electrons. The van der Waals surface area contributed by atoms with Crippen molar-refractivity contribution in [3.05, 3.63) is 28.2 Å². The van der Waals surface area contributed by atoms with E-state index in [1.807, 2.05) is 0 Å². The first kappa shape index (κ1) is 17.2. The highest BCUT2D eigenvalue weighted by atomic mass is 35.5. The van der Waals surface area contributed by atoms with Crippen molar-refractivity contribution in [1.29, 1.82) is 0 Å². The Morgan fingerprint density at radius 2 is 2.00 bits per heavy atom. The number of nitrogens with one attached hydrogen (secondary N) is 2. The second-order valence-electron chi connectivity index (χ2n) is 4.56. The third kappa shape index (κ3) is 5.67. The van der Waals surface area contributed by atoms with Crippen LogP contribution in [0.15, 0.2) is 18.2 Å². The highest BCUT2D eigenvalue weighted by Crippen LogP contribution is 2.29. The summed E-state index contributed by atoms with van der Waals surface area (Å²) < 4.78 is 0. The molecule has 0 aliphatic carbocycles. The lowest BCUT2D eigenvalue weighted by Crippen LogP contribution is -2.32. The van der Waals surface area contributed by atoms with Crippen molar-refractivity contribution >= 4 is 34.8 Å². The van der Waals surface area contributed by atoms with Gasteiger partial charge in [0.2, 0.25) is 5.91 Å². The quantitative estimate of drug-likeness (QED) is 0.690. The van der Waals surface area contributed by atoms with Gasteiger partial charge in [-0.2, -0.15) is 0 Å². The molecule has 0 saturated carbocycles. The maximum Gasteiger partial charge on any atom is 0.238 e. The van der Waals surface area contributed by atoms with Crippen molar-refractivity contribution in [3.63, 3.8) is 0 Å². The molecule has 1 rings (SSSR count). The Bertz CT molecular complexity index is 421. The molecule has 1 unspecified atom stereocenters. The summed E-state index contributed by atoms with van der Waals surface area (Å²) in [4.78, 5) is 11.8. The molecule has 0 aliphatic heterocycles. The lowest BCUT2D eigenvalue weighted by molar-refractivity contribution is -0.115. The van der Waals surface area contributed by atoms with Crippen molar-refractivity contribution in [1.82, 2.24) is 5.32 Å². The lowest BCUT2D eigenvalue weighted by Gasteiger charge is -2.14. The van der Waals surface area contributed by atoms with Crippen molar-refractivity contribution in [2.45, 2.75) is 19.8 Å². The molecule has 0 aliphatic rings. The molecule has 0 bridgehead atoms. The zero-order valence-electron chi connectivity index (χ0n) is 11.5. The lowest BCUT2D eigenvalue weighted by atomic mass is 10.0. The summed E-state index contributed by atoms with van der Waals surface area (Å²) in [7, 11) is 0. The molecule has 4 nitrogen and oxygen atoms in total. The zero-order valence-corrected chi connectivity index (χ0v) is 13.0. The van der Waals surface area contributed by atoms with Gasteiger partial charge in [0.05, 0.1) is 22.3 Å². The van der Waals surface area contributed by atoms with Gasteiger partial charge in [-0.15, -0.1) is 0 Å². The van der Waals surface area contributed by atoms with Crippen LogP contribution in [0.3, 0.4) is 0 Å². The Morgan fingerprint density at radius 1 is 1.35 bits per heavy atom. The van der Waals surface area contributed by atoms with Crippen LogP contribution in [0.2, 0.25) is 10.0 Å². The number of halogens is 2. The molecule has 0 radical (unpaired) electrons. The van der Waals surface area contributed by atoms with E-state index in [9.17, 15) is 4.79 Å². The van der Waals surface area contributed by atoms with E-state index < -0.39 is 0 Å². The number of carbonyl (C=O) groups is 1. The van der Waals surface area contributed by atoms with Gasteiger partial charge in [-0.1, -0.05) is 42.6 Å². The Labute approximate surface area is 129 Å². The minimum atomic E-state index is -0.196. The van der Waals surface area contributed by atoms with Crippen molar-refractivity contribution < 1.29 is 9.90 Å². The number of carbonyl (C=O) groups excluding carboxylic acids is 1. The number of aliphatic hydroxyl groups is 1. The van der Waals surface area contributed by atoms with E-state index in [-0.39, 0.29) is 19.1 Å². The number of hydrogen-bond acceptors (Lipinski definition) is 3. The summed E-state index contributed by atoms with van der Waals surface area (Å²) >= 11 is 11.9. The first-order chi connectivity index (χ1) is 9.58. The monoisotopic (exact) mass is 318 g/mol. The summed E-state index contributed by atoms with van der Waals surface area (Å²) in [5.41, 5.74) is 0.435. The van der Waals surface area contributed by atoms with Crippen LogP contribution in [0.1, 0.15) is 19.8 Å². The second-order valence-corrected chi connectivity index (χ2v) is 5.38. The van der Waals surface area contributed by atoms with Crippen molar-refractivity contribution in [2.75, 3.05) is 25.0 Å². The fraction of sp³-hybridized carbons (Fsp3) is 0.500. The van der Waals surface area contributed by atoms with Gasteiger partial charge in [0.15, 0.2) is 0 Å². The molecule has 0 spiro atoms. The smallest absolute Gasteiger partial charge is 0.238 e. The average Bonchev–Trinajstić information content (AvgIpc) is 2.42. The highest BCUT2D eigenvalue weighted by Gasteiger charge is 2.10. The van der Waals surface area contributed by atoms with Crippen LogP contribution in [0.5, 0.6) is 0 Å². The number of anilines is 1. The number of rotatable bonds is 8. The van der Waals surface area contributed by atoms with Gasteiger partial charge in [0.1, 0.15) is 0 Å². The van der Waals surface area contributed by atoms with Gasteiger partial charge >= 0.3 is 0 Å². The number of benzene rings is 1. The minimum Gasteiger partial charge on any atom is -0.396 e. The molecule has 1 aromatic rings. The normalized spacial score (nSPS) is 12.2. The molecule has 1 aromatic carbocycles. The standard InChI is InChI=1S/C14H20Cl2N2O2/c1-2-10(6-7-19)8-17-9-13(20)18-14-11(15)4-3-5-12(14)16/h3-5,10,17,19H,2,6-9H2,1H3,(H,18,20). The summed E-state index contributed by atoms with van der Waals surface area (Å²) in [6, 6.07) is 5.06. The maximum atomic E-state index is 11.8. The van der Waals surface area contributed by atoms with Gasteiger partial charge < -0.3 is 15.7 Å². The topological polar surface area (TPSA) is 61.4 Å². The summed E-state index contributed by atoms with van der Waals surface area (Å²) in [5, 5.41) is 15.5. The van der Waals surface area contributed by atoms with E-state index in [1.165, 1.54) is 0 Å². The molecule has 0 aromatic heterocycles. The van der Waals surface area contributed by atoms with E-state index >= 15 is 0 Å². The molecule has 0 saturated heterocycles. The van der Waals surface area contributed by atoms with Crippen LogP contribution in [-0.4, -0.2) is 30.7 Å². The Morgan fingerprint density at radius 3 is 2.55 bits per heavy atom. The fourth-order valence-electron chi connectivity index (χ4n) is 1.82. The van der Waals surface area contributed by atoms with Crippen LogP contribution in [0, 0.1) is 5.92 Å². The highest BCUT2D eigenvalue weighted by molar-refractivity contribution is 6.39. The minimum absolute atomic E-state index is 0.168. The van der Waals surface area contributed by atoms with Gasteiger partial charge in [-0.05, 0) is 31.0 Å². The van der Waals surface area contributed by atoms with Crippen LogP contribution in [0.25, 0.3) is 0 Å². The zero-order chi connectivity index (χ0) is 15.0. The summed E-state index contributed by atoms with van der Waals surface area (Å²) in [6.07, 6.45) is 1.70. The third-order valence-electron chi connectivity index (χ3n) is 3.06. The number of aliphatic hydroxyl groups excluding tert-OH is 1. The Hall–Kier alpha value is -0.810. The van der Waals surface area contributed by atoms with Gasteiger partial charge in [0.25, 0.3) is 0 Å². The third-order valence-corrected chi connectivity index (χ3v) is 3.69. The molecule has 1 amide bonds. The second kappa shape index (κ2) is 9.19. The summed E-state index contributed by atoms with van der Waals surface area (Å²) in [5.74, 6) is 0.176. The van der Waals surface area contributed by atoms with Gasteiger partial charge in [-0.25, -0.2) is 0 Å². The van der Waals surface area contributed by atoms with Crippen LogP contribution in [-0.2, 0) is 4.79 Å². The molecule has 0 fully saturated rings. The van der Waals surface area contributed by atoms with Gasteiger partial charge in [-0.3, -0.25) is 4.79 Å². The SMILES string of the molecule is CCC(CCO)CNCC(=O)Nc1c(Cl)cccc1Cl. The molecule has 0 heterocycles. The van der Waals surface area contributed by atoms with E-state index in [4.69, 9.17) is 28.3 Å². The molecule has 3 N–H and O–H groups in total. The predicted molar refractivity (Wildman–Crippen MR) is 83.4 cm³/mol. The molecular weight excluding hydrogens is 299 g/mol. The first-order valence-electron chi connectivity index (χ1n) is 6.63.